The van der Waals surface area contributed by atoms with E-state index in [0.29, 0.717) is 13.0 Å². The van der Waals surface area contributed by atoms with Gasteiger partial charge in [-0.3, -0.25) is 0 Å². The van der Waals surface area contributed by atoms with E-state index in [1.165, 1.54) is 0 Å². The van der Waals surface area contributed by atoms with Crippen LogP contribution >= 0.6 is 0 Å². The number of rotatable bonds is 9. The van der Waals surface area contributed by atoms with E-state index in [1.807, 2.05) is 13.0 Å². The lowest BCUT2D eigenvalue weighted by Gasteiger charge is -2.11. The quantitative estimate of drug-likeness (QED) is 0.578. The number of aryl methyl sites for hydroxylation is 1. The van der Waals surface area contributed by atoms with Crippen LogP contribution in [0.25, 0.3) is 0 Å². The summed E-state index contributed by atoms with van der Waals surface area (Å²) in [6.07, 6.45) is 1.79. The average molecular weight is 267 g/mol. The molecule has 1 aromatic rings. The number of aliphatic hydroxyl groups excluding tert-OH is 1. The second kappa shape index (κ2) is 8.66. The lowest BCUT2D eigenvalue weighted by molar-refractivity contribution is 0.292. The summed E-state index contributed by atoms with van der Waals surface area (Å²) < 4.78 is 0. The normalized spacial score (nSPS) is 10.8. The summed E-state index contributed by atoms with van der Waals surface area (Å²) in [5.41, 5.74) is 0. The Morgan fingerprint density at radius 1 is 1.11 bits per heavy atom. The van der Waals surface area contributed by atoms with Crippen molar-refractivity contribution in [2.24, 2.45) is 0 Å². The second-order valence-electron chi connectivity index (χ2n) is 4.77. The Labute approximate surface area is 115 Å². The summed E-state index contributed by atoms with van der Waals surface area (Å²) in [5, 5.41) is 15.2. The van der Waals surface area contributed by atoms with Crippen LogP contribution in [0.1, 0.15) is 18.7 Å². The van der Waals surface area contributed by atoms with Gasteiger partial charge in [0.15, 0.2) is 0 Å². The Balaban J connectivity index is 2.44. The van der Waals surface area contributed by atoms with E-state index in [0.717, 1.165) is 37.0 Å². The van der Waals surface area contributed by atoms with Crippen LogP contribution < -0.4 is 10.6 Å². The predicted octanol–water partition coefficient (Wildman–Crippen LogP) is 0.943. The molecule has 0 atom stereocenters. The molecule has 0 fully saturated rings. The van der Waals surface area contributed by atoms with Crippen molar-refractivity contribution in [2.45, 2.75) is 19.8 Å². The van der Waals surface area contributed by atoms with Crippen molar-refractivity contribution in [3.63, 3.8) is 0 Å². The van der Waals surface area contributed by atoms with Crippen molar-refractivity contribution >= 4 is 11.6 Å². The number of anilines is 2. The molecule has 1 heterocycles. The maximum Gasteiger partial charge on any atom is 0.131 e. The topological polar surface area (TPSA) is 73.3 Å². The van der Waals surface area contributed by atoms with Crippen LogP contribution in [0.2, 0.25) is 0 Å². The van der Waals surface area contributed by atoms with E-state index in [9.17, 15) is 0 Å². The number of hydrogen-bond donors (Lipinski definition) is 3. The third-order valence-electron chi connectivity index (χ3n) is 2.57. The first kappa shape index (κ1) is 15.7. The third kappa shape index (κ3) is 6.93. The average Bonchev–Trinajstić information content (AvgIpc) is 2.34. The molecule has 0 unspecified atom stereocenters. The van der Waals surface area contributed by atoms with Crippen LogP contribution in [-0.2, 0) is 0 Å². The van der Waals surface area contributed by atoms with Gasteiger partial charge in [-0.15, -0.1) is 0 Å². The molecule has 0 spiro atoms. The van der Waals surface area contributed by atoms with Crippen LogP contribution in [0.15, 0.2) is 6.07 Å². The first-order chi connectivity index (χ1) is 9.11. The molecule has 0 aliphatic rings. The first-order valence-electron chi connectivity index (χ1n) is 6.71. The maximum absolute atomic E-state index is 8.75. The molecule has 0 aliphatic carbocycles. The number of nitrogens with one attached hydrogen (secondary N) is 2. The van der Waals surface area contributed by atoms with Gasteiger partial charge in [0.1, 0.15) is 17.5 Å². The fourth-order valence-electron chi connectivity index (χ4n) is 1.66. The van der Waals surface area contributed by atoms with Gasteiger partial charge in [0.2, 0.25) is 0 Å². The zero-order chi connectivity index (χ0) is 14.1. The fraction of sp³-hybridized carbons (Fsp3) is 0.692. The van der Waals surface area contributed by atoms with Gasteiger partial charge < -0.3 is 20.6 Å². The van der Waals surface area contributed by atoms with Crippen molar-refractivity contribution in [1.29, 1.82) is 0 Å². The molecule has 1 rings (SSSR count). The molecule has 1 aromatic heterocycles. The highest BCUT2D eigenvalue weighted by Crippen LogP contribution is 2.11. The van der Waals surface area contributed by atoms with E-state index in [4.69, 9.17) is 5.11 Å². The summed E-state index contributed by atoms with van der Waals surface area (Å²) in [6.45, 7) is 4.73. The summed E-state index contributed by atoms with van der Waals surface area (Å²) in [5.74, 6) is 2.39. The molecular formula is C13H25N5O. The summed E-state index contributed by atoms with van der Waals surface area (Å²) in [7, 11) is 4.13. The van der Waals surface area contributed by atoms with Crippen molar-refractivity contribution in [2.75, 3.05) is 51.0 Å². The summed E-state index contributed by atoms with van der Waals surface area (Å²) >= 11 is 0. The molecular weight excluding hydrogens is 242 g/mol. The van der Waals surface area contributed by atoms with Crippen LogP contribution in [0.5, 0.6) is 0 Å². The molecule has 19 heavy (non-hydrogen) atoms. The van der Waals surface area contributed by atoms with Gasteiger partial charge in [-0.25, -0.2) is 9.97 Å². The minimum atomic E-state index is 0.187. The van der Waals surface area contributed by atoms with Crippen molar-refractivity contribution < 1.29 is 5.11 Å². The predicted molar refractivity (Wildman–Crippen MR) is 78.6 cm³/mol. The molecule has 3 N–H and O–H groups in total. The van der Waals surface area contributed by atoms with E-state index < -0.39 is 0 Å². The van der Waals surface area contributed by atoms with Gasteiger partial charge in [-0.1, -0.05) is 0 Å². The highest BCUT2D eigenvalue weighted by molar-refractivity contribution is 5.47. The van der Waals surface area contributed by atoms with Gasteiger partial charge in [0.25, 0.3) is 0 Å². The van der Waals surface area contributed by atoms with Crippen molar-refractivity contribution in [3.05, 3.63) is 11.9 Å². The standard InChI is InChI=1S/C13H25N5O/c1-11-16-12(14-6-4-8-18(2)3)10-13(17-11)15-7-5-9-19/h10,19H,4-9H2,1-3H3,(H2,14,15,16,17). The Hall–Kier alpha value is -1.40. The van der Waals surface area contributed by atoms with Gasteiger partial charge in [0.05, 0.1) is 0 Å². The van der Waals surface area contributed by atoms with Crippen LogP contribution in [-0.4, -0.2) is 60.3 Å². The maximum atomic E-state index is 8.75. The Morgan fingerprint density at radius 2 is 1.68 bits per heavy atom. The fourth-order valence-corrected chi connectivity index (χ4v) is 1.66. The molecule has 6 heteroatoms. The molecule has 108 valence electrons. The van der Waals surface area contributed by atoms with Crippen molar-refractivity contribution in [3.8, 4) is 0 Å². The first-order valence-corrected chi connectivity index (χ1v) is 6.71. The molecule has 0 radical (unpaired) electrons. The minimum Gasteiger partial charge on any atom is -0.396 e. The summed E-state index contributed by atoms with van der Waals surface area (Å²) in [6, 6.07) is 1.90. The minimum absolute atomic E-state index is 0.187. The van der Waals surface area contributed by atoms with Crippen LogP contribution in [0.4, 0.5) is 11.6 Å². The zero-order valence-corrected chi connectivity index (χ0v) is 12.1. The lowest BCUT2D eigenvalue weighted by atomic mass is 10.4. The van der Waals surface area contributed by atoms with E-state index in [1.54, 1.807) is 0 Å². The SMILES string of the molecule is Cc1nc(NCCCO)cc(NCCCN(C)C)n1. The molecule has 0 bridgehead atoms. The van der Waals surface area contributed by atoms with Crippen molar-refractivity contribution in [1.82, 2.24) is 14.9 Å². The Bertz CT molecular complexity index is 370. The lowest BCUT2D eigenvalue weighted by Crippen LogP contribution is -2.17. The second-order valence-corrected chi connectivity index (χ2v) is 4.77. The van der Waals surface area contributed by atoms with E-state index in [-0.39, 0.29) is 6.61 Å². The van der Waals surface area contributed by atoms with Gasteiger partial charge in [-0.2, -0.15) is 0 Å². The highest BCUT2D eigenvalue weighted by Gasteiger charge is 2.01. The van der Waals surface area contributed by atoms with Gasteiger partial charge in [-0.05, 0) is 40.4 Å². The molecule has 6 nitrogen and oxygen atoms in total. The Kier molecular flexibility index (Phi) is 7.14. The van der Waals surface area contributed by atoms with Gasteiger partial charge >= 0.3 is 0 Å². The molecule has 0 saturated heterocycles. The van der Waals surface area contributed by atoms with Crippen LogP contribution in [0.3, 0.4) is 0 Å². The largest absolute Gasteiger partial charge is 0.396 e. The monoisotopic (exact) mass is 267 g/mol. The highest BCUT2D eigenvalue weighted by atomic mass is 16.3. The number of aromatic nitrogens is 2. The number of hydrogen-bond acceptors (Lipinski definition) is 6. The molecule has 0 saturated carbocycles. The molecule has 0 aliphatic heterocycles. The summed E-state index contributed by atoms with van der Waals surface area (Å²) in [4.78, 5) is 10.8. The smallest absolute Gasteiger partial charge is 0.131 e. The van der Waals surface area contributed by atoms with E-state index in [2.05, 4.69) is 39.6 Å². The number of aliphatic hydroxyl groups is 1. The third-order valence-corrected chi connectivity index (χ3v) is 2.57. The van der Waals surface area contributed by atoms with E-state index >= 15 is 0 Å². The zero-order valence-electron chi connectivity index (χ0n) is 12.1. The Morgan fingerprint density at radius 3 is 2.21 bits per heavy atom. The molecule has 0 aromatic carbocycles. The number of nitrogens with zero attached hydrogens (tertiary/aromatic N) is 3. The van der Waals surface area contributed by atoms with Gasteiger partial charge in [0, 0.05) is 25.8 Å². The van der Waals surface area contributed by atoms with Crippen LogP contribution in [0, 0.1) is 6.92 Å². The molecule has 0 amide bonds.